The highest BCUT2D eigenvalue weighted by atomic mass is 16.5. The van der Waals surface area contributed by atoms with Crippen molar-refractivity contribution in [2.24, 2.45) is 29.6 Å². The highest BCUT2D eigenvalue weighted by Gasteiger charge is 2.44. The van der Waals surface area contributed by atoms with Gasteiger partial charge in [0.05, 0.1) is 6.10 Å². The van der Waals surface area contributed by atoms with Gasteiger partial charge in [-0.2, -0.15) is 0 Å². The zero-order valence-corrected chi connectivity index (χ0v) is 16.5. The second-order valence-electron chi connectivity index (χ2n) is 9.26. The van der Waals surface area contributed by atoms with E-state index in [1.165, 1.54) is 70.6 Å². The summed E-state index contributed by atoms with van der Waals surface area (Å²) >= 11 is 0. The maximum absolute atomic E-state index is 6.23. The normalized spacial score (nSPS) is 39.2. The van der Waals surface area contributed by atoms with Crippen molar-refractivity contribution >= 4 is 0 Å². The van der Waals surface area contributed by atoms with Crippen LogP contribution in [0.25, 0.3) is 0 Å². The molecule has 0 N–H and O–H groups in total. The lowest BCUT2D eigenvalue weighted by Crippen LogP contribution is -2.42. The van der Waals surface area contributed by atoms with Gasteiger partial charge in [0.15, 0.2) is 0 Å². The third-order valence-corrected chi connectivity index (χ3v) is 7.67. The first kappa shape index (κ1) is 18.7. The highest BCUT2D eigenvalue weighted by Crippen LogP contribution is 2.53. The van der Waals surface area contributed by atoms with E-state index in [9.17, 15) is 0 Å². The molecule has 4 unspecified atom stereocenters. The summed E-state index contributed by atoms with van der Waals surface area (Å²) in [5.41, 5.74) is 0. The summed E-state index contributed by atoms with van der Waals surface area (Å²) in [5.74, 6) is 5.31. The number of hydrogen-bond donors (Lipinski definition) is 0. The minimum atomic E-state index is 0.598. The Morgan fingerprint density at radius 3 is 2.17 bits per heavy atom. The Morgan fingerprint density at radius 1 is 0.708 bits per heavy atom. The maximum atomic E-state index is 6.23. The van der Waals surface area contributed by atoms with Crippen molar-refractivity contribution in [3.8, 4) is 0 Å². The largest absolute Gasteiger partial charge is 0.378 e. The summed E-state index contributed by atoms with van der Waals surface area (Å²) < 4.78 is 6.23. The van der Waals surface area contributed by atoms with Crippen LogP contribution < -0.4 is 0 Å². The SMILES string of the molecule is CCCCCO[C@H]1CCC2C(CCC3C[C@@H](CCCC)CCC32)C1. The number of unbranched alkanes of at least 4 members (excludes halogenated alkanes) is 3. The molecular weight excluding hydrogens is 292 g/mol. The van der Waals surface area contributed by atoms with Gasteiger partial charge >= 0.3 is 0 Å². The summed E-state index contributed by atoms with van der Waals surface area (Å²) in [6.45, 7) is 5.64. The van der Waals surface area contributed by atoms with Crippen molar-refractivity contribution in [2.45, 2.75) is 110 Å². The molecular formula is C23H42O. The van der Waals surface area contributed by atoms with Crippen molar-refractivity contribution in [2.75, 3.05) is 6.61 Å². The van der Waals surface area contributed by atoms with Crippen LogP contribution in [-0.2, 0) is 4.74 Å². The Morgan fingerprint density at radius 2 is 1.42 bits per heavy atom. The predicted octanol–water partition coefficient (Wildman–Crippen LogP) is 6.99. The first-order chi connectivity index (χ1) is 11.8. The monoisotopic (exact) mass is 334 g/mol. The predicted molar refractivity (Wildman–Crippen MR) is 103 cm³/mol. The number of rotatable bonds is 8. The van der Waals surface area contributed by atoms with Gasteiger partial charge in [0.2, 0.25) is 0 Å². The number of fused-ring (bicyclic) bond motifs is 3. The van der Waals surface area contributed by atoms with Crippen LogP contribution in [0.4, 0.5) is 0 Å². The van der Waals surface area contributed by atoms with Crippen LogP contribution in [0.5, 0.6) is 0 Å². The molecule has 0 aromatic rings. The number of ether oxygens (including phenoxy) is 1. The second-order valence-corrected chi connectivity index (χ2v) is 9.26. The van der Waals surface area contributed by atoms with Crippen LogP contribution in [0, 0.1) is 29.6 Å². The van der Waals surface area contributed by atoms with Gasteiger partial charge in [0.25, 0.3) is 0 Å². The fraction of sp³-hybridized carbons (Fsp3) is 1.00. The van der Waals surface area contributed by atoms with Crippen molar-refractivity contribution in [1.82, 2.24) is 0 Å². The summed E-state index contributed by atoms with van der Waals surface area (Å²) in [6.07, 6.45) is 20.8. The molecule has 3 aliphatic rings. The maximum Gasteiger partial charge on any atom is 0.0578 e. The third kappa shape index (κ3) is 4.77. The van der Waals surface area contributed by atoms with Crippen LogP contribution in [0.1, 0.15) is 104 Å². The van der Waals surface area contributed by atoms with Crippen LogP contribution in [0.3, 0.4) is 0 Å². The van der Waals surface area contributed by atoms with Crippen molar-refractivity contribution in [3.63, 3.8) is 0 Å². The Bertz CT molecular complexity index is 352. The molecule has 3 rings (SSSR count). The summed E-state index contributed by atoms with van der Waals surface area (Å²) in [4.78, 5) is 0. The molecule has 0 heterocycles. The molecule has 0 aromatic heterocycles. The molecule has 0 aliphatic heterocycles. The molecule has 0 bridgehead atoms. The first-order valence-corrected chi connectivity index (χ1v) is 11.4. The Balaban J connectivity index is 1.44. The lowest BCUT2D eigenvalue weighted by molar-refractivity contribution is -0.0538. The van der Waals surface area contributed by atoms with E-state index in [1.807, 2.05) is 0 Å². The Hall–Kier alpha value is -0.0400. The zero-order chi connectivity index (χ0) is 16.8. The quantitative estimate of drug-likeness (QED) is 0.434. The Kier molecular flexibility index (Phi) is 7.50. The van der Waals surface area contributed by atoms with Gasteiger partial charge < -0.3 is 4.74 Å². The fourth-order valence-electron chi connectivity index (χ4n) is 6.36. The summed E-state index contributed by atoms with van der Waals surface area (Å²) in [7, 11) is 0. The Labute approximate surface area is 151 Å². The average Bonchev–Trinajstić information content (AvgIpc) is 2.63. The van der Waals surface area contributed by atoms with Crippen LogP contribution >= 0.6 is 0 Å². The van der Waals surface area contributed by atoms with Gasteiger partial charge in [0, 0.05) is 6.61 Å². The fourth-order valence-corrected chi connectivity index (χ4v) is 6.36. The molecule has 0 aromatic carbocycles. The van der Waals surface area contributed by atoms with E-state index in [0.717, 1.165) is 36.2 Å². The molecule has 0 spiro atoms. The lowest BCUT2D eigenvalue weighted by atomic mass is 9.56. The highest BCUT2D eigenvalue weighted by molar-refractivity contribution is 4.94. The lowest BCUT2D eigenvalue weighted by Gasteiger charge is -2.50. The summed E-state index contributed by atoms with van der Waals surface area (Å²) in [6, 6.07) is 0. The minimum absolute atomic E-state index is 0.598. The van der Waals surface area contributed by atoms with E-state index < -0.39 is 0 Å². The van der Waals surface area contributed by atoms with E-state index in [2.05, 4.69) is 13.8 Å². The molecule has 24 heavy (non-hydrogen) atoms. The van der Waals surface area contributed by atoms with Crippen molar-refractivity contribution < 1.29 is 4.74 Å². The van der Waals surface area contributed by atoms with E-state index in [0.29, 0.717) is 6.10 Å². The topological polar surface area (TPSA) is 9.23 Å². The van der Waals surface area contributed by atoms with E-state index in [4.69, 9.17) is 4.74 Å². The average molecular weight is 335 g/mol. The molecule has 0 saturated heterocycles. The molecule has 1 nitrogen and oxygen atoms in total. The molecule has 3 aliphatic carbocycles. The smallest absolute Gasteiger partial charge is 0.0578 e. The third-order valence-electron chi connectivity index (χ3n) is 7.67. The zero-order valence-electron chi connectivity index (χ0n) is 16.5. The molecule has 3 fully saturated rings. The molecule has 140 valence electrons. The van der Waals surface area contributed by atoms with Crippen molar-refractivity contribution in [3.05, 3.63) is 0 Å². The van der Waals surface area contributed by atoms with E-state index >= 15 is 0 Å². The van der Waals surface area contributed by atoms with Crippen LogP contribution in [0.2, 0.25) is 0 Å². The second kappa shape index (κ2) is 9.60. The number of hydrogen-bond acceptors (Lipinski definition) is 1. The summed E-state index contributed by atoms with van der Waals surface area (Å²) in [5, 5.41) is 0. The minimum Gasteiger partial charge on any atom is -0.378 e. The molecule has 1 heteroatoms. The van der Waals surface area contributed by atoms with Gasteiger partial charge in [0.1, 0.15) is 0 Å². The van der Waals surface area contributed by atoms with Crippen molar-refractivity contribution in [1.29, 1.82) is 0 Å². The van der Waals surface area contributed by atoms with Gasteiger partial charge in [-0.1, -0.05) is 52.4 Å². The standard InChI is InChI=1S/C23H42O/c1-3-5-7-15-24-21-12-14-23-20(17-21)11-10-19-16-18(8-6-4-2)9-13-22(19)23/h18-23H,3-17H2,1-2H3/t18-,19?,20?,21-,22?,23?/m0/s1. The molecule has 0 amide bonds. The molecule has 0 radical (unpaired) electrons. The van der Waals surface area contributed by atoms with Gasteiger partial charge in [-0.15, -0.1) is 0 Å². The van der Waals surface area contributed by atoms with E-state index in [1.54, 1.807) is 19.3 Å². The van der Waals surface area contributed by atoms with Crippen LogP contribution in [0.15, 0.2) is 0 Å². The van der Waals surface area contributed by atoms with Gasteiger partial charge in [-0.05, 0) is 81.0 Å². The van der Waals surface area contributed by atoms with Crippen LogP contribution in [-0.4, -0.2) is 12.7 Å². The van der Waals surface area contributed by atoms with Gasteiger partial charge in [-0.3, -0.25) is 0 Å². The first-order valence-electron chi connectivity index (χ1n) is 11.4. The van der Waals surface area contributed by atoms with Gasteiger partial charge in [-0.25, -0.2) is 0 Å². The molecule has 6 atom stereocenters. The molecule has 3 saturated carbocycles. The van der Waals surface area contributed by atoms with E-state index in [-0.39, 0.29) is 0 Å².